The van der Waals surface area contributed by atoms with E-state index in [-0.39, 0.29) is 0 Å². The van der Waals surface area contributed by atoms with Crippen LogP contribution in [-0.4, -0.2) is 12.3 Å². The van der Waals surface area contributed by atoms with Crippen molar-refractivity contribution in [3.8, 4) is 0 Å². The summed E-state index contributed by atoms with van der Waals surface area (Å²) in [7, 11) is 0. The minimum atomic E-state index is 0.344. The summed E-state index contributed by atoms with van der Waals surface area (Å²) < 4.78 is 0. The van der Waals surface area contributed by atoms with E-state index in [2.05, 4.69) is 42.8 Å². The van der Waals surface area contributed by atoms with Crippen LogP contribution >= 0.6 is 27.6 Å². The van der Waals surface area contributed by atoms with Gasteiger partial charge in [0.1, 0.15) is 0 Å². The van der Waals surface area contributed by atoms with Gasteiger partial charge in [0.05, 0.1) is 0 Å². The van der Waals surface area contributed by atoms with E-state index in [9.17, 15) is 0 Å². The average Bonchev–Trinajstić information content (AvgIpc) is 1.82. The van der Waals surface area contributed by atoms with Crippen molar-refractivity contribution < 1.29 is 0 Å². The van der Waals surface area contributed by atoms with E-state index in [1.165, 1.54) is 25.2 Å². The van der Waals surface area contributed by atoms with Crippen molar-refractivity contribution in [1.29, 1.82) is 0 Å². The topological polar surface area (TPSA) is 0 Å². The van der Waals surface area contributed by atoms with Crippen LogP contribution in [0.3, 0.4) is 0 Å². The Labute approximate surface area is 79.4 Å². The molecular weight excluding hydrogens is 254 g/mol. The molecule has 0 aromatic heterocycles. The summed E-state index contributed by atoms with van der Waals surface area (Å²) in [5.74, 6) is 0.903. The van der Waals surface area contributed by atoms with Gasteiger partial charge in [-0.1, -0.05) is 49.2 Å². The van der Waals surface area contributed by atoms with E-state index in [1.807, 2.05) is 0 Å². The van der Waals surface area contributed by atoms with Crippen LogP contribution in [0.4, 0.5) is 0 Å². The van der Waals surface area contributed by atoms with Crippen molar-refractivity contribution in [2.75, 3.05) is 12.3 Å². The third-order valence-electron chi connectivity index (χ3n) is 1.32. The van der Waals surface area contributed by atoms with Gasteiger partial charge in [-0.25, -0.2) is 0 Å². The van der Waals surface area contributed by atoms with Crippen molar-refractivity contribution in [1.82, 2.24) is 0 Å². The molecule has 0 aliphatic rings. The molecule has 0 N–H and O–H groups in total. The van der Waals surface area contributed by atoms with Crippen molar-refractivity contribution in [2.45, 2.75) is 33.6 Å². The van der Waals surface area contributed by atoms with E-state index in [1.54, 1.807) is 0 Å². The summed E-state index contributed by atoms with van der Waals surface area (Å²) in [6.45, 7) is 6.91. The fourth-order valence-electron chi connectivity index (χ4n) is 0.817. The normalized spacial score (nSPS) is 14.1. The van der Waals surface area contributed by atoms with Crippen LogP contribution in [0, 0.1) is 5.92 Å². The Morgan fingerprint density at radius 1 is 1.40 bits per heavy atom. The Morgan fingerprint density at radius 3 is 2.40 bits per heavy atom. The van der Waals surface area contributed by atoms with E-state index in [4.69, 9.17) is 0 Å². The Hall–Kier alpha value is 1.16. The molecule has 0 saturated carbocycles. The highest BCUT2D eigenvalue weighted by atomic mass is 127. The van der Waals surface area contributed by atoms with Gasteiger partial charge in [0.2, 0.25) is 0 Å². The predicted octanol–water partition coefficient (Wildman–Crippen LogP) is 4.27. The van der Waals surface area contributed by atoms with Gasteiger partial charge in [-0.15, -0.1) is 0 Å². The largest absolute Gasteiger partial charge is 0.0654 e. The number of hydrogen-bond donors (Lipinski definition) is 0. The lowest BCUT2D eigenvalue weighted by Gasteiger charge is -2.11. The van der Waals surface area contributed by atoms with Gasteiger partial charge in [-0.2, -0.15) is 0 Å². The van der Waals surface area contributed by atoms with Crippen LogP contribution in [0.15, 0.2) is 0 Å². The Morgan fingerprint density at radius 2 is 2.00 bits per heavy atom. The van der Waals surface area contributed by atoms with Gasteiger partial charge < -0.3 is 0 Å². The molecule has 0 heterocycles. The monoisotopic (exact) mass is 272 g/mol. The molecule has 0 amide bonds. The minimum Gasteiger partial charge on any atom is -0.0654 e. The molecule has 0 aliphatic heterocycles. The molecule has 1 atom stereocenters. The average molecular weight is 272 g/mol. The fourth-order valence-corrected chi connectivity index (χ4v) is 5.84. The minimum absolute atomic E-state index is 0.344. The van der Waals surface area contributed by atoms with Crippen LogP contribution in [0.5, 0.6) is 0 Å². The Balaban J connectivity index is 3.16. The number of rotatable bonds is 5. The summed E-state index contributed by atoms with van der Waals surface area (Å²) in [6.07, 6.45) is 5.72. The summed E-state index contributed by atoms with van der Waals surface area (Å²) in [4.78, 5) is 0. The molecule has 0 bridgehead atoms. The van der Waals surface area contributed by atoms with Crippen molar-refractivity contribution in [3.63, 3.8) is 0 Å². The number of hydrogen-bond acceptors (Lipinski definition) is 0. The third-order valence-corrected chi connectivity index (χ3v) is 5.87. The zero-order chi connectivity index (χ0) is 7.98. The molecule has 0 rings (SSSR count). The molecule has 2 heteroatoms. The van der Waals surface area contributed by atoms with Gasteiger partial charge >= 0.3 is 0 Å². The maximum Gasteiger partial charge on any atom is -0.0212 e. The fraction of sp³-hybridized carbons (Fsp3) is 1.00. The molecule has 0 aliphatic carbocycles. The molecule has 10 heavy (non-hydrogen) atoms. The highest BCUT2D eigenvalue weighted by Gasteiger charge is 2.04. The van der Waals surface area contributed by atoms with Gasteiger partial charge in [-0.05, 0) is 30.2 Å². The van der Waals surface area contributed by atoms with E-state index < -0.39 is 0 Å². The Kier molecular flexibility index (Phi) is 7.64. The van der Waals surface area contributed by atoms with Crippen LogP contribution in [0.1, 0.15) is 33.6 Å². The van der Waals surface area contributed by atoms with Crippen LogP contribution in [0.25, 0.3) is 0 Å². The highest BCUT2D eigenvalue weighted by molar-refractivity contribution is 14.2. The van der Waals surface area contributed by atoms with Gasteiger partial charge in [-0.3, -0.25) is 0 Å². The second kappa shape index (κ2) is 6.84. The van der Waals surface area contributed by atoms with Crippen molar-refractivity contribution in [3.05, 3.63) is 0 Å². The first-order valence-electron chi connectivity index (χ1n) is 4.07. The first-order valence-corrected chi connectivity index (χ1v) is 8.57. The standard InChI is InChI=1S/C8H18IP/c1-4-5-6-10(9)7-8(2)3/h8H,4-7H2,1-3H3. The van der Waals surface area contributed by atoms with E-state index in [0.717, 1.165) is 5.92 Å². The summed E-state index contributed by atoms with van der Waals surface area (Å²) in [6, 6.07) is 0. The SMILES string of the molecule is CCCCP(I)CC(C)C. The second-order valence-electron chi connectivity index (χ2n) is 3.12. The third kappa shape index (κ3) is 7.27. The zero-order valence-corrected chi connectivity index (χ0v) is 10.3. The first kappa shape index (κ1) is 11.2. The lowest BCUT2D eigenvalue weighted by molar-refractivity contribution is 0.745. The quantitative estimate of drug-likeness (QED) is 0.517. The zero-order valence-electron chi connectivity index (χ0n) is 7.23. The number of unbranched alkanes of at least 4 members (excludes halogenated alkanes) is 1. The molecular formula is C8H18IP. The molecule has 0 aromatic rings. The maximum absolute atomic E-state index is 2.64. The lowest BCUT2D eigenvalue weighted by Crippen LogP contribution is -1.93. The molecule has 0 fully saturated rings. The van der Waals surface area contributed by atoms with Crippen LogP contribution in [-0.2, 0) is 0 Å². The van der Waals surface area contributed by atoms with Gasteiger partial charge in [0.15, 0.2) is 0 Å². The second-order valence-corrected chi connectivity index (χ2v) is 8.95. The summed E-state index contributed by atoms with van der Waals surface area (Å²) >= 11 is 2.64. The highest BCUT2D eigenvalue weighted by Crippen LogP contribution is 2.46. The maximum atomic E-state index is 2.64. The first-order chi connectivity index (χ1) is 4.66. The van der Waals surface area contributed by atoms with Crippen LogP contribution < -0.4 is 0 Å². The molecule has 62 valence electrons. The molecule has 0 spiro atoms. The van der Waals surface area contributed by atoms with E-state index >= 15 is 0 Å². The van der Waals surface area contributed by atoms with Gasteiger partial charge in [0, 0.05) is 0 Å². The summed E-state index contributed by atoms with van der Waals surface area (Å²) in [5, 5.41) is 0. The van der Waals surface area contributed by atoms with Crippen molar-refractivity contribution >= 4 is 27.6 Å². The van der Waals surface area contributed by atoms with Gasteiger partial charge in [0.25, 0.3) is 0 Å². The Bertz CT molecular complexity index is 73.7. The summed E-state index contributed by atoms with van der Waals surface area (Å²) in [5.41, 5.74) is 0.344. The smallest absolute Gasteiger partial charge is 0.0212 e. The van der Waals surface area contributed by atoms with E-state index in [0.29, 0.717) is 5.56 Å². The molecule has 0 nitrogen and oxygen atoms in total. The predicted molar refractivity (Wildman–Crippen MR) is 60.4 cm³/mol. The molecule has 1 unspecified atom stereocenters. The number of halogens is 1. The molecule has 0 aromatic carbocycles. The lowest BCUT2D eigenvalue weighted by atomic mass is 10.3. The van der Waals surface area contributed by atoms with Crippen LogP contribution in [0.2, 0.25) is 0 Å². The molecule has 0 radical (unpaired) electrons. The van der Waals surface area contributed by atoms with Crippen molar-refractivity contribution in [2.24, 2.45) is 5.92 Å². The molecule has 0 saturated heterocycles.